The minimum Gasteiger partial charge on any atom is -0.493 e. The lowest BCUT2D eigenvalue weighted by Gasteiger charge is -2.24. The van der Waals surface area contributed by atoms with Gasteiger partial charge in [0.25, 0.3) is 0 Å². The van der Waals surface area contributed by atoms with Gasteiger partial charge in [-0.05, 0) is 80.0 Å². The van der Waals surface area contributed by atoms with E-state index in [0.29, 0.717) is 25.0 Å². The van der Waals surface area contributed by atoms with Crippen LogP contribution in [0.1, 0.15) is 64.0 Å². The van der Waals surface area contributed by atoms with Gasteiger partial charge in [-0.2, -0.15) is 0 Å². The number of carboxylic acid groups (broad SMARTS) is 1. The summed E-state index contributed by atoms with van der Waals surface area (Å²) in [6.07, 6.45) is 5.42. The van der Waals surface area contributed by atoms with E-state index in [2.05, 4.69) is 24.0 Å². The molecule has 0 radical (unpaired) electrons. The summed E-state index contributed by atoms with van der Waals surface area (Å²) < 4.78 is 12.4. The number of aromatic nitrogens is 1. The number of carbonyl (C=O) groups is 1. The first-order valence-electron chi connectivity index (χ1n) is 11.2. The lowest BCUT2D eigenvalue weighted by atomic mass is 9.86. The standard InChI is InChI=1S/C24H29NO5S/c1-13-16-4-2-3-14(16)5-7-21(13)30-11-18-17-6-8-22(29-10-15(17)9-20(18)26)23-25-19(12-31-23)24(27)28/h5,7,12,15,17-18,20,22,26H,2-4,6,8-11H2,1H3,(H,27,28)/t15-,17+,18-,20-,22-/m1/s1. The molecule has 6 nitrogen and oxygen atoms in total. The number of aryl methyl sites for hydroxylation is 1. The van der Waals surface area contributed by atoms with E-state index in [1.807, 2.05) is 0 Å². The van der Waals surface area contributed by atoms with Gasteiger partial charge < -0.3 is 19.7 Å². The summed E-state index contributed by atoms with van der Waals surface area (Å²) in [5, 5.41) is 22.2. The number of nitrogens with zero attached hydrogens (tertiary/aromatic N) is 1. The molecule has 2 heterocycles. The molecule has 2 aliphatic carbocycles. The van der Waals surface area contributed by atoms with Gasteiger partial charge in [-0.25, -0.2) is 9.78 Å². The van der Waals surface area contributed by atoms with Crippen LogP contribution in [-0.2, 0) is 17.6 Å². The molecule has 1 aliphatic heterocycles. The third-order valence-corrected chi connectivity index (χ3v) is 8.37. The number of benzene rings is 1. The van der Waals surface area contributed by atoms with Crippen molar-refractivity contribution in [3.05, 3.63) is 44.9 Å². The molecule has 0 amide bonds. The number of hydrogen-bond donors (Lipinski definition) is 2. The van der Waals surface area contributed by atoms with Gasteiger partial charge in [0.05, 0.1) is 19.3 Å². The van der Waals surface area contributed by atoms with Gasteiger partial charge in [-0.1, -0.05) is 6.07 Å². The second-order valence-electron chi connectivity index (χ2n) is 9.16. The average Bonchev–Trinajstić information content (AvgIpc) is 3.45. The molecule has 5 rings (SSSR count). The van der Waals surface area contributed by atoms with E-state index in [4.69, 9.17) is 14.6 Å². The zero-order valence-electron chi connectivity index (χ0n) is 17.8. The van der Waals surface area contributed by atoms with Crippen LogP contribution in [0.25, 0.3) is 0 Å². The molecule has 166 valence electrons. The first-order valence-corrected chi connectivity index (χ1v) is 12.1. The Bertz CT molecular complexity index is 973. The highest BCUT2D eigenvalue weighted by atomic mass is 32.1. The maximum absolute atomic E-state index is 11.1. The van der Waals surface area contributed by atoms with Crippen molar-refractivity contribution in [2.45, 2.75) is 57.7 Å². The minimum atomic E-state index is -1.00. The zero-order valence-corrected chi connectivity index (χ0v) is 18.6. The van der Waals surface area contributed by atoms with E-state index in [9.17, 15) is 9.90 Å². The zero-order chi connectivity index (χ0) is 21.5. The van der Waals surface area contributed by atoms with Crippen LogP contribution in [0.3, 0.4) is 0 Å². The molecule has 2 aromatic rings. The minimum absolute atomic E-state index is 0.0828. The van der Waals surface area contributed by atoms with Crippen LogP contribution >= 0.6 is 11.3 Å². The number of fused-ring (bicyclic) bond motifs is 2. The van der Waals surface area contributed by atoms with Crippen LogP contribution in [0.2, 0.25) is 0 Å². The summed E-state index contributed by atoms with van der Waals surface area (Å²) in [5.41, 5.74) is 4.23. The SMILES string of the molecule is Cc1c(OC[C@@H]2[C@H]3CC[C@H](c4nc(C(=O)O)cs4)OC[C@H]3C[C@H]2O)ccc2c1CCC2. The molecule has 7 heteroatoms. The summed E-state index contributed by atoms with van der Waals surface area (Å²) in [7, 11) is 0. The fourth-order valence-corrected chi connectivity index (χ4v) is 6.61. The second kappa shape index (κ2) is 8.52. The fourth-order valence-electron chi connectivity index (χ4n) is 5.74. The number of rotatable bonds is 5. The number of ether oxygens (including phenoxy) is 2. The second-order valence-corrected chi connectivity index (χ2v) is 10.0. The smallest absolute Gasteiger partial charge is 0.355 e. The van der Waals surface area contributed by atoms with Gasteiger partial charge in [0.15, 0.2) is 5.69 Å². The highest BCUT2D eigenvalue weighted by Crippen LogP contribution is 2.45. The molecular weight excluding hydrogens is 414 g/mol. The van der Waals surface area contributed by atoms with E-state index < -0.39 is 5.97 Å². The molecule has 2 N–H and O–H groups in total. The van der Waals surface area contributed by atoms with Crippen LogP contribution < -0.4 is 4.74 Å². The molecule has 5 atom stereocenters. The Hall–Kier alpha value is -1.96. The third kappa shape index (κ3) is 3.99. The van der Waals surface area contributed by atoms with E-state index in [1.165, 1.54) is 34.4 Å². The van der Waals surface area contributed by atoms with Gasteiger partial charge in [0.1, 0.15) is 16.9 Å². The number of hydrogen-bond acceptors (Lipinski definition) is 6. The molecule has 31 heavy (non-hydrogen) atoms. The van der Waals surface area contributed by atoms with Crippen LogP contribution in [0, 0.1) is 24.7 Å². The fraction of sp³-hybridized carbons (Fsp3) is 0.583. The molecule has 1 saturated carbocycles. The van der Waals surface area contributed by atoms with E-state index in [0.717, 1.165) is 42.9 Å². The molecule has 0 unspecified atom stereocenters. The Kier molecular flexibility index (Phi) is 5.75. The maximum atomic E-state index is 11.1. The topological polar surface area (TPSA) is 88.9 Å². The summed E-state index contributed by atoms with van der Waals surface area (Å²) in [6.45, 7) is 3.24. The monoisotopic (exact) mass is 443 g/mol. The molecular formula is C24H29NO5S. The van der Waals surface area contributed by atoms with Crippen molar-refractivity contribution in [2.75, 3.05) is 13.2 Å². The third-order valence-electron chi connectivity index (χ3n) is 7.43. The summed E-state index contributed by atoms with van der Waals surface area (Å²) in [5.74, 6) is 0.673. The Morgan fingerprint density at radius 1 is 1.32 bits per heavy atom. The molecule has 1 aromatic carbocycles. The molecule has 1 aromatic heterocycles. The largest absolute Gasteiger partial charge is 0.493 e. The maximum Gasteiger partial charge on any atom is 0.355 e. The van der Waals surface area contributed by atoms with Crippen LogP contribution in [-0.4, -0.2) is 40.5 Å². The number of thiazole rings is 1. The summed E-state index contributed by atoms with van der Waals surface area (Å²) in [4.78, 5) is 15.4. The summed E-state index contributed by atoms with van der Waals surface area (Å²) in [6, 6.07) is 4.29. The Morgan fingerprint density at radius 2 is 2.19 bits per heavy atom. The van der Waals surface area contributed by atoms with E-state index in [1.54, 1.807) is 5.38 Å². The molecule has 3 aliphatic rings. The molecule has 1 saturated heterocycles. The van der Waals surface area contributed by atoms with Crippen LogP contribution in [0.15, 0.2) is 17.5 Å². The summed E-state index contributed by atoms with van der Waals surface area (Å²) >= 11 is 1.35. The van der Waals surface area contributed by atoms with Crippen molar-refractivity contribution < 1.29 is 24.5 Å². The van der Waals surface area contributed by atoms with Crippen molar-refractivity contribution in [1.82, 2.24) is 4.98 Å². The van der Waals surface area contributed by atoms with Crippen molar-refractivity contribution in [3.8, 4) is 5.75 Å². The first-order chi connectivity index (χ1) is 15.0. The number of aliphatic hydroxyl groups is 1. The predicted molar refractivity (Wildman–Crippen MR) is 117 cm³/mol. The van der Waals surface area contributed by atoms with Crippen molar-refractivity contribution >= 4 is 17.3 Å². The van der Waals surface area contributed by atoms with Crippen molar-refractivity contribution in [2.24, 2.45) is 17.8 Å². The van der Waals surface area contributed by atoms with Crippen molar-refractivity contribution in [3.63, 3.8) is 0 Å². The highest BCUT2D eigenvalue weighted by molar-refractivity contribution is 7.09. The van der Waals surface area contributed by atoms with Crippen LogP contribution in [0.4, 0.5) is 0 Å². The van der Waals surface area contributed by atoms with Crippen molar-refractivity contribution in [1.29, 1.82) is 0 Å². The van der Waals surface area contributed by atoms with Gasteiger partial charge in [-0.15, -0.1) is 11.3 Å². The Morgan fingerprint density at radius 3 is 3.00 bits per heavy atom. The average molecular weight is 444 g/mol. The lowest BCUT2D eigenvalue weighted by Crippen LogP contribution is -2.27. The Labute approximate surface area is 186 Å². The van der Waals surface area contributed by atoms with Gasteiger partial charge in [0, 0.05) is 11.3 Å². The van der Waals surface area contributed by atoms with E-state index >= 15 is 0 Å². The van der Waals surface area contributed by atoms with Gasteiger partial charge in [0.2, 0.25) is 0 Å². The normalized spacial score (nSPS) is 29.9. The first kappa shape index (κ1) is 20.9. The van der Waals surface area contributed by atoms with Crippen LogP contribution in [0.5, 0.6) is 5.75 Å². The quantitative estimate of drug-likeness (QED) is 0.721. The molecule has 0 spiro atoms. The van der Waals surface area contributed by atoms with E-state index in [-0.39, 0.29) is 23.8 Å². The highest BCUT2D eigenvalue weighted by Gasteiger charge is 2.45. The molecule has 2 fully saturated rings. The number of carboxylic acids is 1. The lowest BCUT2D eigenvalue weighted by molar-refractivity contribution is 0.0333. The van der Waals surface area contributed by atoms with Gasteiger partial charge >= 0.3 is 5.97 Å². The Balaban J connectivity index is 1.25. The molecule has 0 bridgehead atoms. The number of aliphatic hydroxyl groups excluding tert-OH is 1. The number of aromatic carboxylic acids is 1. The van der Waals surface area contributed by atoms with Gasteiger partial charge in [-0.3, -0.25) is 0 Å². The predicted octanol–water partition coefficient (Wildman–Crippen LogP) is 4.18.